The van der Waals surface area contributed by atoms with E-state index in [-0.39, 0.29) is 12.5 Å². The van der Waals surface area contributed by atoms with Crippen LogP contribution < -0.4 is 10.6 Å². The van der Waals surface area contributed by atoms with Crippen LogP contribution in [0.5, 0.6) is 0 Å². The highest BCUT2D eigenvalue weighted by Crippen LogP contribution is 2.21. The number of anilines is 1. The van der Waals surface area contributed by atoms with Gasteiger partial charge in [0.2, 0.25) is 5.91 Å². The van der Waals surface area contributed by atoms with Crippen molar-refractivity contribution in [2.75, 3.05) is 11.9 Å². The third kappa shape index (κ3) is 4.06. The lowest BCUT2D eigenvalue weighted by atomic mass is 10.3. The number of nitrogens with zero attached hydrogens (tertiary/aromatic N) is 2. The second-order valence-corrected chi connectivity index (χ2v) is 5.21. The maximum atomic E-state index is 11.6. The minimum atomic E-state index is -0.00586. The van der Waals surface area contributed by atoms with Gasteiger partial charge in [-0.15, -0.1) is 0 Å². The molecule has 2 N–H and O–H groups in total. The van der Waals surface area contributed by atoms with E-state index in [0.717, 1.165) is 31.2 Å². The molecule has 5 nitrogen and oxygen atoms in total. The van der Waals surface area contributed by atoms with Crippen molar-refractivity contribution >= 4 is 23.3 Å². The number of carbonyl (C=O) groups is 1. The molecule has 1 fully saturated rings. The zero-order valence-corrected chi connectivity index (χ0v) is 12.0. The lowest BCUT2D eigenvalue weighted by Crippen LogP contribution is -2.31. The Labute approximate surface area is 118 Å². The average molecular weight is 283 g/mol. The maximum Gasteiger partial charge on any atom is 0.239 e. The average Bonchev–Trinajstić information content (AvgIpc) is 3.16. The number of aromatic nitrogens is 2. The Morgan fingerprint density at radius 2 is 2.16 bits per heavy atom. The lowest BCUT2D eigenvalue weighted by molar-refractivity contribution is -0.119. The third-order valence-electron chi connectivity index (χ3n) is 2.97. The molecule has 1 aliphatic rings. The second-order valence-electron chi connectivity index (χ2n) is 4.85. The number of hydrogen-bond donors (Lipinski definition) is 2. The Morgan fingerprint density at radius 3 is 2.79 bits per heavy atom. The van der Waals surface area contributed by atoms with Gasteiger partial charge in [0.05, 0.1) is 6.54 Å². The van der Waals surface area contributed by atoms with Gasteiger partial charge in [-0.05, 0) is 26.2 Å². The molecule has 1 aromatic rings. The summed E-state index contributed by atoms with van der Waals surface area (Å²) >= 11 is 6.07. The molecule has 0 unspecified atom stereocenters. The van der Waals surface area contributed by atoms with E-state index in [4.69, 9.17) is 11.6 Å². The molecule has 1 aromatic heterocycles. The van der Waals surface area contributed by atoms with Gasteiger partial charge in [-0.1, -0.05) is 18.5 Å². The summed E-state index contributed by atoms with van der Waals surface area (Å²) in [6.45, 7) is 4.13. The molecule has 0 spiro atoms. The number of halogens is 1. The van der Waals surface area contributed by atoms with Crippen molar-refractivity contribution in [3.63, 3.8) is 0 Å². The van der Waals surface area contributed by atoms with Crippen molar-refractivity contribution in [3.8, 4) is 0 Å². The van der Waals surface area contributed by atoms with Gasteiger partial charge >= 0.3 is 0 Å². The van der Waals surface area contributed by atoms with Crippen LogP contribution in [0.2, 0.25) is 5.15 Å². The third-order valence-corrected chi connectivity index (χ3v) is 3.33. The van der Waals surface area contributed by atoms with E-state index in [2.05, 4.69) is 27.5 Å². The number of amides is 1. The van der Waals surface area contributed by atoms with Crippen LogP contribution in [0.15, 0.2) is 0 Å². The van der Waals surface area contributed by atoms with Crippen LogP contribution in [0.3, 0.4) is 0 Å². The zero-order chi connectivity index (χ0) is 13.8. The molecule has 6 heteroatoms. The molecular formula is C13H19ClN4O. The van der Waals surface area contributed by atoms with Crippen LogP contribution >= 0.6 is 11.6 Å². The quantitative estimate of drug-likeness (QED) is 0.784. The molecular weight excluding hydrogens is 264 g/mol. The molecule has 0 radical (unpaired) electrons. The van der Waals surface area contributed by atoms with Gasteiger partial charge in [-0.3, -0.25) is 4.79 Å². The van der Waals surface area contributed by atoms with Crippen LogP contribution in [0.25, 0.3) is 0 Å². The van der Waals surface area contributed by atoms with Gasteiger partial charge in [0.1, 0.15) is 16.8 Å². The van der Waals surface area contributed by atoms with Crippen LogP contribution in [-0.4, -0.2) is 28.5 Å². The summed E-state index contributed by atoms with van der Waals surface area (Å²) in [5.74, 6) is 1.35. The van der Waals surface area contributed by atoms with E-state index in [1.807, 2.05) is 6.92 Å². The monoisotopic (exact) mass is 282 g/mol. The van der Waals surface area contributed by atoms with Crippen molar-refractivity contribution < 1.29 is 4.79 Å². The number of rotatable bonds is 6. The van der Waals surface area contributed by atoms with Crippen LogP contribution in [0.4, 0.5) is 5.82 Å². The van der Waals surface area contributed by atoms with Crippen molar-refractivity contribution in [1.29, 1.82) is 0 Å². The van der Waals surface area contributed by atoms with Crippen molar-refractivity contribution in [2.45, 2.75) is 45.6 Å². The summed E-state index contributed by atoms with van der Waals surface area (Å²) in [6.07, 6.45) is 3.92. The number of aryl methyl sites for hydroxylation is 1. The first-order valence-corrected chi connectivity index (χ1v) is 7.04. The first kappa shape index (κ1) is 14.1. The van der Waals surface area contributed by atoms with Gasteiger partial charge in [0.15, 0.2) is 0 Å². The molecule has 19 heavy (non-hydrogen) atoms. The molecule has 0 saturated heterocycles. The Morgan fingerprint density at radius 1 is 1.42 bits per heavy atom. The van der Waals surface area contributed by atoms with Crippen LogP contribution in [0.1, 0.15) is 37.6 Å². The van der Waals surface area contributed by atoms with Gasteiger partial charge < -0.3 is 10.6 Å². The van der Waals surface area contributed by atoms with E-state index >= 15 is 0 Å². The second kappa shape index (κ2) is 6.19. The highest BCUT2D eigenvalue weighted by molar-refractivity contribution is 6.30. The summed E-state index contributed by atoms with van der Waals surface area (Å²) in [5.41, 5.74) is 0.778. The fourth-order valence-corrected chi connectivity index (χ4v) is 1.90. The zero-order valence-electron chi connectivity index (χ0n) is 11.3. The largest absolute Gasteiger partial charge is 0.361 e. The number of carbonyl (C=O) groups excluding carboxylic acids is 1. The predicted octanol–water partition coefficient (Wildman–Crippen LogP) is 2.08. The van der Waals surface area contributed by atoms with E-state index in [9.17, 15) is 4.79 Å². The minimum Gasteiger partial charge on any atom is -0.361 e. The number of nitrogens with one attached hydrogen (secondary N) is 2. The normalized spacial score (nSPS) is 14.3. The SMILES string of the molecule is CCCc1nc(Cl)c(C)c(NCC(=O)NC2CC2)n1. The van der Waals surface area contributed by atoms with Crippen molar-refractivity contribution in [1.82, 2.24) is 15.3 Å². The number of hydrogen-bond acceptors (Lipinski definition) is 4. The summed E-state index contributed by atoms with van der Waals surface area (Å²) in [5, 5.41) is 6.41. The Kier molecular flexibility index (Phi) is 4.58. The van der Waals surface area contributed by atoms with Gasteiger partial charge in [-0.2, -0.15) is 0 Å². The highest BCUT2D eigenvalue weighted by Gasteiger charge is 2.23. The van der Waals surface area contributed by atoms with Crippen LogP contribution in [0, 0.1) is 6.92 Å². The first-order valence-electron chi connectivity index (χ1n) is 6.66. The molecule has 1 heterocycles. The predicted molar refractivity (Wildman–Crippen MR) is 75.4 cm³/mol. The molecule has 1 amide bonds. The highest BCUT2D eigenvalue weighted by atomic mass is 35.5. The van der Waals surface area contributed by atoms with Crippen LogP contribution in [-0.2, 0) is 11.2 Å². The van der Waals surface area contributed by atoms with Crippen molar-refractivity contribution in [2.24, 2.45) is 0 Å². The van der Waals surface area contributed by atoms with E-state index in [1.165, 1.54) is 0 Å². The first-order chi connectivity index (χ1) is 9.10. The molecule has 0 aliphatic heterocycles. The van der Waals surface area contributed by atoms with E-state index < -0.39 is 0 Å². The lowest BCUT2D eigenvalue weighted by Gasteiger charge is -2.11. The Balaban J connectivity index is 1.99. The van der Waals surface area contributed by atoms with E-state index in [1.54, 1.807) is 0 Å². The summed E-state index contributed by atoms with van der Waals surface area (Å²) in [7, 11) is 0. The molecule has 104 valence electrons. The summed E-state index contributed by atoms with van der Waals surface area (Å²) < 4.78 is 0. The van der Waals surface area contributed by atoms with Gasteiger partial charge in [-0.25, -0.2) is 9.97 Å². The molecule has 0 atom stereocenters. The molecule has 0 aromatic carbocycles. The fraction of sp³-hybridized carbons (Fsp3) is 0.615. The van der Waals surface area contributed by atoms with E-state index in [0.29, 0.717) is 22.8 Å². The van der Waals surface area contributed by atoms with Gasteiger partial charge in [0, 0.05) is 18.0 Å². The van der Waals surface area contributed by atoms with Gasteiger partial charge in [0.25, 0.3) is 0 Å². The standard InChI is InChI=1S/C13H19ClN4O/c1-3-4-10-17-12(14)8(2)13(18-10)15-7-11(19)16-9-5-6-9/h9H,3-7H2,1-2H3,(H,16,19)(H,15,17,18). The molecule has 2 rings (SSSR count). The Bertz CT molecular complexity index is 474. The summed E-state index contributed by atoms with van der Waals surface area (Å²) in [6, 6.07) is 0.375. The molecule has 0 bridgehead atoms. The Hall–Kier alpha value is -1.36. The topological polar surface area (TPSA) is 66.9 Å². The smallest absolute Gasteiger partial charge is 0.239 e. The maximum absolute atomic E-state index is 11.6. The minimum absolute atomic E-state index is 0.00586. The summed E-state index contributed by atoms with van der Waals surface area (Å²) in [4.78, 5) is 20.2. The fourth-order valence-electron chi connectivity index (χ4n) is 1.71. The molecule has 1 aliphatic carbocycles. The van der Waals surface area contributed by atoms with Crippen molar-refractivity contribution in [3.05, 3.63) is 16.5 Å². The molecule has 1 saturated carbocycles.